The minimum absolute atomic E-state index is 0.906. The van der Waals surface area contributed by atoms with Crippen molar-refractivity contribution in [2.45, 2.75) is 32.1 Å². The third kappa shape index (κ3) is 5.28. The van der Waals surface area contributed by atoms with Gasteiger partial charge in [-0.25, -0.2) is 0 Å². The molecule has 2 rings (SSSR count). The largest absolute Gasteiger partial charge is 0.381 e. The first-order valence-corrected chi connectivity index (χ1v) is 6.96. The lowest BCUT2D eigenvalue weighted by atomic mass is 10.4. The summed E-state index contributed by atoms with van der Waals surface area (Å²) >= 11 is 0. The highest BCUT2D eigenvalue weighted by Gasteiger charge is 2.20. The van der Waals surface area contributed by atoms with Crippen molar-refractivity contribution >= 4 is 0 Å². The Morgan fingerprint density at radius 2 is 1.94 bits per heavy atom. The van der Waals surface area contributed by atoms with E-state index in [2.05, 4.69) is 10.2 Å². The molecule has 1 aliphatic heterocycles. The molecule has 0 aromatic rings. The predicted octanol–water partition coefficient (Wildman–Crippen LogP) is 1.49. The lowest BCUT2D eigenvalue weighted by molar-refractivity contribution is 0.122. The maximum Gasteiger partial charge on any atom is 0.0494 e. The Bertz CT molecular complexity index is 177. The molecule has 1 N–H and O–H groups in total. The molecule has 0 atom stereocenters. The van der Waals surface area contributed by atoms with Gasteiger partial charge in [0, 0.05) is 26.3 Å². The quantitative estimate of drug-likeness (QED) is 0.603. The van der Waals surface area contributed by atoms with Crippen LogP contribution in [0.3, 0.4) is 0 Å². The van der Waals surface area contributed by atoms with Crippen LogP contribution < -0.4 is 5.32 Å². The highest BCUT2D eigenvalue weighted by molar-refractivity contribution is 4.72. The SMILES string of the molecule is C(CNCCN1CCCC1)COCC1CC1. The zero-order chi connectivity index (χ0) is 11.1. The molecule has 3 heteroatoms. The lowest BCUT2D eigenvalue weighted by Gasteiger charge is -2.14. The Labute approximate surface area is 99.5 Å². The molecule has 1 aliphatic carbocycles. The molecule has 0 spiro atoms. The van der Waals surface area contributed by atoms with Crippen LogP contribution in [0.1, 0.15) is 32.1 Å². The normalized spacial score (nSPS) is 21.8. The Balaban J connectivity index is 1.29. The molecule has 1 heterocycles. The maximum absolute atomic E-state index is 5.59. The molecular formula is C13H26N2O. The van der Waals surface area contributed by atoms with Crippen molar-refractivity contribution in [3.05, 3.63) is 0 Å². The monoisotopic (exact) mass is 226 g/mol. The number of nitrogens with zero attached hydrogens (tertiary/aromatic N) is 1. The fraction of sp³-hybridized carbons (Fsp3) is 1.00. The van der Waals surface area contributed by atoms with Gasteiger partial charge >= 0.3 is 0 Å². The van der Waals surface area contributed by atoms with E-state index in [1.54, 1.807) is 0 Å². The van der Waals surface area contributed by atoms with Crippen LogP contribution in [0, 0.1) is 5.92 Å². The molecule has 3 nitrogen and oxygen atoms in total. The van der Waals surface area contributed by atoms with Crippen molar-refractivity contribution in [2.75, 3.05) is 45.9 Å². The summed E-state index contributed by atoms with van der Waals surface area (Å²) in [7, 11) is 0. The summed E-state index contributed by atoms with van der Waals surface area (Å²) < 4.78 is 5.59. The highest BCUT2D eigenvalue weighted by atomic mass is 16.5. The van der Waals surface area contributed by atoms with Gasteiger partial charge in [-0.1, -0.05) is 0 Å². The zero-order valence-corrected chi connectivity index (χ0v) is 10.4. The van der Waals surface area contributed by atoms with Gasteiger partial charge in [-0.3, -0.25) is 0 Å². The molecule has 0 aromatic heterocycles. The Morgan fingerprint density at radius 3 is 2.69 bits per heavy atom. The average molecular weight is 226 g/mol. The summed E-state index contributed by atoms with van der Waals surface area (Å²) in [4.78, 5) is 2.55. The second-order valence-corrected chi connectivity index (χ2v) is 5.17. The number of likely N-dealkylation sites (tertiary alicyclic amines) is 1. The first kappa shape index (κ1) is 12.3. The minimum atomic E-state index is 0.906. The molecule has 2 aliphatic rings. The van der Waals surface area contributed by atoms with Crippen molar-refractivity contribution < 1.29 is 4.74 Å². The summed E-state index contributed by atoms with van der Waals surface area (Å²) in [5.74, 6) is 0.906. The average Bonchev–Trinajstić information content (AvgIpc) is 2.97. The molecule has 1 saturated heterocycles. The Kier molecular flexibility index (Phi) is 5.59. The first-order valence-electron chi connectivity index (χ1n) is 6.96. The van der Waals surface area contributed by atoms with Gasteiger partial charge in [-0.2, -0.15) is 0 Å². The van der Waals surface area contributed by atoms with Crippen LogP contribution in [0.5, 0.6) is 0 Å². The topological polar surface area (TPSA) is 24.5 Å². The van der Waals surface area contributed by atoms with Crippen LogP contribution in [0.2, 0.25) is 0 Å². The Morgan fingerprint density at radius 1 is 1.12 bits per heavy atom. The van der Waals surface area contributed by atoms with Gasteiger partial charge in [0.15, 0.2) is 0 Å². The maximum atomic E-state index is 5.59. The van der Waals surface area contributed by atoms with Crippen molar-refractivity contribution in [2.24, 2.45) is 5.92 Å². The zero-order valence-electron chi connectivity index (χ0n) is 10.4. The van der Waals surface area contributed by atoms with Crippen LogP contribution in [0.15, 0.2) is 0 Å². The van der Waals surface area contributed by atoms with E-state index >= 15 is 0 Å². The van der Waals surface area contributed by atoms with E-state index in [0.29, 0.717) is 0 Å². The molecule has 0 unspecified atom stereocenters. The second kappa shape index (κ2) is 7.25. The molecule has 2 fully saturated rings. The third-order valence-corrected chi connectivity index (χ3v) is 3.50. The third-order valence-electron chi connectivity index (χ3n) is 3.50. The van der Waals surface area contributed by atoms with Crippen LogP contribution in [0.25, 0.3) is 0 Å². The summed E-state index contributed by atoms with van der Waals surface area (Å²) in [5.41, 5.74) is 0. The smallest absolute Gasteiger partial charge is 0.0494 e. The van der Waals surface area contributed by atoms with Crippen molar-refractivity contribution in [3.63, 3.8) is 0 Å². The number of rotatable bonds is 9. The minimum Gasteiger partial charge on any atom is -0.381 e. The molecule has 16 heavy (non-hydrogen) atoms. The van der Waals surface area contributed by atoms with Crippen LogP contribution in [-0.2, 0) is 4.74 Å². The number of hydrogen-bond donors (Lipinski definition) is 1. The molecule has 0 bridgehead atoms. The molecule has 0 amide bonds. The summed E-state index contributed by atoms with van der Waals surface area (Å²) in [5, 5.41) is 3.49. The van der Waals surface area contributed by atoms with Crippen LogP contribution in [0.4, 0.5) is 0 Å². The van der Waals surface area contributed by atoms with Crippen LogP contribution >= 0.6 is 0 Å². The molecule has 1 saturated carbocycles. The number of ether oxygens (including phenoxy) is 1. The van der Waals surface area contributed by atoms with Crippen LogP contribution in [-0.4, -0.2) is 50.8 Å². The fourth-order valence-electron chi connectivity index (χ4n) is 2.20. The van der Waals surface area contributed by atoms with Crippen molar-refractivity contribution in [1.29, 1.82) is 0 Å². The van der Waals surface area contributed by atoms with Gasteiger partial charge in [0.2, 0.25) is 0 Å². The van der Waals surface area contributed by atoms with Gasteiger partial charge < -0.3 is 15.0 Å². The van der Waals surface area contributed by atoms with Gasteiger partial charge in [-0.05, 0) is 57.7 Å². The summed E-state index contributed by atoms with van der Waals surface area (Å²) in [6, 6.07) is 0. The van der Waals surface area contributed by atoms with Crippen molar-refractivity contribution in [3.8, 4) is 0 Å². The van der Waals surface area contributed by atoms with Gasteiger partial charge in [0.05, 0.1) is 0 Å². The summed E-state index contributed by atoms with van der Waals surface area (Å²) in [6.45, 7) is 8.05. The van der Waals surface area contributed by atoms with Crippen molar-refractivity contribution in [1.82, 2.24) is 10.2 Å². The number of hydrogen-bond acceptors (Lipinski definition) is 3. The summed E-state index contributed by atoms with van der Waals surface area (Å²) in [6.07, 6.45) is 6.75. The molecular weight excluding hydrogens is 200 g/mol. The van der Waals surface area contributed by atoms with E-state index in [0.717, 1.165) is 38.6 Å². The predicted molar refractivity (Wildman–Crippen MR) is 66.7 cm³/mol. The standard InChI is InChI=1S/C13H26N2O/c1-2-9-15(8-1)10-7-14-6-3-11-16-12-13-4-5-13/h13-14H,1-12H2. The van der Waals surface area contributed by atoms with E-state index < -0.39 is 0 Å². The Hall–Kier alpha value is -0.120. The molecule has 0 radical (unpaired) electrons. The van der Waals surface area contributed by atoms with E-state index in [1.807, 2.05) is 0 Å². The second-order valence-electron chi connectivity index (χ2n) is 5.17. The lowest BCUT2D eigenvalue weighted by Crippen LogP contribution is -2.30. The fourth-order valence-corrected chi connectivity index (χ4v) is 2.20. The number of nitrogens with one attached hydrogen (secondary N) is 1. The highest BCUT2D eigenvalue weighted by Crippen LogP contribution is 2.28. The molecule has 94 valence electrons. The van der Waals surface area contributed by atoms with Gasteiger partial charge in [0.25, 0.3) is 0 Å². The van der Waals surface area contributed by atoms with E-state index in [1.165, 1.54) is 45.3 Å². The molecule has 0 aromatic carbocycles. The van der Waals surface area contributed by atoms with Gasteiger partial charge in [0.1, 0.15) is 0 Å². The van der Waals surface area contributed by atoms with Gasteiger partial charge in [-0.15, -0.1) is 0 Å². The van der Waals surface area contributed by atoms with E-state index in [9.17, 15) is 0 Å². The first-order chi connectivity index (χ1) is 7.95. The van der Waals surface area contributed by atoms with E-state index in [4.69, 9.17) is 4.74 Å². The van der Waals surface area contributed by atoms with E-state index in [-0.39, 0.29) is 0 Å².